The van der Waals surface area contributed by atoms with Crippen LogP contribution < -0.4 is 16.4 Å². The average molecular weight is 936 g/mol. The van der Waals surface area contributed by atoms with Gasteiger partial charge in [-0.1, -0.05) is 50.9 Å². The number of thioether (sulfide) groups is 1. The van der Waals surface area contributed by atoms with Gasteiger partial charge in [-0.15, -0.1) is 0 Å². The molecular formula is C31H52N7O18P3S. The number of aromatic nitrogens is 4. The first-order valence-electron chi connectivity index (χ1n) is 18.4. The van der Waals surface area contributed by atoms with E-state index in [9.17, 15) is 57.9 Å². The molecule has 29 heteroatoms. The van der Waals surface area contributed by atoms with Gasteiger partial charge in [-0.25, -0.2) is 28.6 Å². The Labute approximate surface area is 348 Å². The zero-order valence-corrected chi connectivity index (χ0v) is 36.1. The number of phosphoric ester groups is 3. The number of fused-ring (bicyclic) bond motifs is 1. The maximum Gasteiger partial charge on any atom is 0.481 e. The predicted molar refractivity (Wildman–Crippen MR) is 211 cm³/mol. The molecule has 0 aliphatic carbocycles. The SMILES string of the molecule is CC(C)(COP(=O)(O)OP(=O)(O)OC[C@H]1O[C@@H](n2cnc3c(N)ncnc32)[C@H](O)[C@@H]1OP(=O)(O)O)[C@@H](O)C(=O)NCCC(=O)NCCSC(=O)C=CCCCCCCCO. The number of carbonyl (C=O) groups excluding carboxylic acids is 3. The highest BCUT2D eigenvalue weighted by molar-refractivity contribution is 8.14. The minimum atomic E-state index is -5.58. The van der Waals surface area contributed by atoms with Gasteiger partial charge in [0.2, 0.25) is 16.9 Å². The van der Waals surface area contributed by atoms with Gasteiger partial charge in [0.25, 0.3) is 0 Å². The van der Waals surface area contributed by atoms with Crippen molar-refractivity contribution in [2.75, 3.05) is 44.4 Å². The van der Waals surface area contributed by atoms with Crippen molar-refractivity contribution < 1.29 is 85.6 Å². The van der Waals surface area contributed by atoms with Gasteiger partial charge in [0.05, 0.1) is 19.5 Å². The van der Waals surface area contributed by atoms with Gasteiger partial charge in [-0.3, -0.25) is 32.5 Å². The lowest BCUT2D eigenvalue weighted by Gasteiger charge is -2.30. The Morgan fingerprint density at radius 1 is 1.02 bits per heavy atom. The topological polar surface area (TPSA) is 384 Å². The minimum absolute atomic E-state index is 0.0281. The van der Waals surface area contributed by atoms with Crippen LogP contribution in [-0.4, -0.2) is 134 Å². The second-order valence-electron chi connectivity index (χ2n) is 13.9. The van der Waals surface area contributed by atoms with Gasteiger partial charge in [-0.05, 0) is 25.3 Å². The standard InChI is InChI=1S/C31H52N7O18P3S/c1-31(2,26(43)29(44)34-12-11-21(40)33-13-15-60-22(41)10-8-6-4-3-5-7-9-14-39)17-53-59(50,51)56-58(48,49)52-16-20-25(55-57(45,46)47)24(42)30(54-20)38-19-37-23-27(32)35-18-36-28(23)38/h8,10,18-20,24-26,30,39,42-43H,3-7,9,11-17H2,1-2H3,(H,33,40)(H,34,44)(H,48,49)(H,50,51)(H2,32,35,36)(H2,45,46,47)/t20-,24-,25-,26+,30-/m1/s1. The number of carbonyl (C=O) groups is 3. The van der Waals surface area contributed by atoms with Crippen molar-refractivity contribution in [2.45, 2.75) is 89.4 Å². The summed E-state index contributed by atoms with van der Waals surface area (Å²) >= 11 is 1.03. The summed E-state index contributed by atoms with van der Waals surface area (Å²) < 4.78 is 62.2. The molecule has 3 rings (SSSR count). The Bertz CT molecular complexity index is 1920. The van der Waals surface area contributed by atoms with Crippen molar-refractivity contribution in [3.8, 4) is 0 Å². The van der Waals surface area contributed by atoms with Crippen molar-refractivity contribution in [3.63, 3.8) is 0 Å². The van der Waals surface area contributed by atoms with Crippen LogP contribution >= 0.6 is 35.2 Å². The van der Waals surface area contributed by atoms with Crippen LogP contribution in [0.5, 0.6) is 0 Å². The lowest BCUT2D eigenvalue weighted by molar-refractivity contribution is -0.137. The Hall–Kier alpha value is -2.74. The Morgan fingerprint density at radius 2 is 1.70 bits per heavy atom. The number of amides is 2. The number of hydrogen-bond acceptors (Lipinski definition) is 19. The van der Waals surface area contributed by atoms with E-state index in [4.69, 9.17) is 24.6 Å². The summed E-state index contributed by atoms with van der Waals surface area (Å²) in [6.07, 6.45) is 1.86. The summed E-state index contributed by atoms with van der Waals surface area (Å²) in [7, 11) is -16.4. The molecule has 1 fully saturated rings. The Kier molecular flexibility index (Phi) is 20.3. The van der Waals surface area contributed by atoms with Crippen molar-refractivity contribution in [2.24, 2.45) is 5.41 Å². The van der Waals surface area contributed by atoms with Crippen LogP contribution in [0, 0.1) is 5.41 Å². The van der Waals surface area contributed by atoms with Crippen LogP contribution in [-0.2, 0) is 50.7 Å². The molecule has 0 radical (unpaired) electrons. The molecule has 0 spiro atoms. The lowest BCUT2D eigenvalue weighted by Crippen LogP contribution is -2.46. The number of nitrogen functional groups attached to an aromatic ring is 1. The van der Waals surface area contributed by atoms with E-state index in [1.807, 2.05) is 0 Å². The molecule has 0 aromatic carbocycles. The number of nitrogens with zero attached hydrogens (tertiary/aromatic N) is 4. The molecule has 7 atom stereocenters. The number of hydrogen-bond donors (Lipinski definition) is 10. The molecule has 11 N–H and O–H groups in total. The van der Waals surface area contributed by atoms with E-state index in [0.717, 1.165) is 67.5 Å². The fraction of sp³-hybridized carbons (Fsp3) is 0.677. The predicted octanol–water partition coefficient (Wildman–Crippen LogP) is 0.554. The summed E-state index contributed by atoms with van der Waals surface area (Å²) in [4.78, 5) is 87.7. The third-order valence-corrected chi connectivity index (χ3v) is 12.5. The fourth-order valence-electron chi connectivity index (χ4n) is 5.41. The summed E-state index contributed by atoms with van der Waals surface area (Å²) in [6, 6.07) is 0. The highest BCUT2D eigenvalue weighted by Gasteiger charge is 2.50. The molecule has 25 nitrogen and oxygen atoms in total. The van der Waals surface area contributed by atoms with Gasteiger partial charge in [-0.2, -0.15) is 4.31 Å². The van der Waals surface area contributed by atoms with Crippen LogP contribution in [0.1, 0.15) is 65.0 Å². The van der Waals surface area contributed by atoms with Crippen LogP contribution in [0.2, 0.25) is 0 Å². The monoisotopic (exact) mass is 935 g/mol. The smallest absolute Gasteiger partial charge is 0.396 e. The molecule has 1 aliphatic heterocycles. The van der Waals surface area contributed by atoms with Crippen LogP contribution in [0.15, 0.2) is 24.8 Å². The summed E-state index contributed by atoms with van der Waals surface area (Å²) in [5.74, 6) is -1.16. The number of aliphatic hydroxyl groups is 3. The molecule has 2 unspecified atom stereocenters. The van der Waals surface area contributed by atoms with Gasteiger partial charge in [0.15, 0.2) is 17.7 Å². The number of phosphoric acid groups is 3. The Balaban J connectivity index is 1.41. The van der Waals surface area contributed by atoms with Gasteiger partial charge < -0.3 is 56.0 Å². The molecule has 2 aromatic heterocycles. The van der Waals surface area contributed by atoms with Crippen molar-refractivity contribution in [1.82, 2.24) is 30.2 Å². The van der Waals surface area contributed by atoms with Gasteiger partial charge >= 0.3 is 23.5 Å². The molecule has 60 heavy (non-hydrogen) atoms. The third-order valence-electron chi connectivity index (χ3n) is 8.53. The molecule has 2 amide bonds. The number of ether oxygens (including phenoxy) is 1. The molecule has 0 saturated carbocycles. The summed E-state index contributed by atoms with van der Waals surface area (Å²) in [5.41, 5.74) is 4.25. The molecule has 2 aromatic rings. The number of aliphatic hydroxyl groups excluding tert-OH is 3. The zero-order valence-electron chi connectivity index (χ0n) is 32.6. The first kappa shape index (κ1) is 51.6. The molecule has 3 heterocycles. The third kappa shape index (κ3) is 17.2. The van der Waals surface area contributed by atoms with Crippen LogP contribution in [0.4, 0.5) is 5.82 Å². The summed E-state index contributed by atoms with van der Waals surface area (Å²) in [6.45, 7) is 0.640. The summed E-state index contributed by atoms with van der Waals surface area (Å²) in [5, 5.41) is 35.0. The van der Waals surface area contributed by atoms with E-state index in [-0.39, 0.29) is 48.2 Å². The minimum Gasteiger partial charge on any atom is -0.396 e. The Morgan fingerprint density at radius 3 is 2.40 bits per heavy atom. The van der Waals surface area contributed by atoms with E-state index in [2.05, 4.69) is 34.4 Å². The first-order chi connectivity index (χ1) is 28.1. The van der Waals surface area contributed by atoms with Crippen molar-refractivity contribution >= 4 is 69.1 Å². The number of imidazole rings is 1. The zero-order chi connectivity index (χ0) is 44.7. The molecule has 1 aliphatic rings. The van der Waals surface area contributed by atoms with Gasteiger partial charge in [0, 0.05) is 37.3 Å². The van der Waals surface area contributed by atoms with Crippen molar-refractivity contribution in [1.29, 1.82) is 0 Å². The number of nitrogens with two attached hydrogens (primary N) is 1. The molecule has 1 saturated heterocycles. The van der Waals surface area contributed by atoms with E-state index >= 15 is 0 Å². The first-order valence-corrected chi connectivity index (χ1v) is 23.9. The van der Waals surface area contributed by atoms with E-state index in [1.54, 1.807) is 6.08 Å². The highest BCUT2D eigenvalue weighted by Crippen LogP contribution is 2.61. The largest absolute Gasteiger partial charge is 0.481 e. The quantitative estimate of drug-likeness (QED) is 0.0332. The fourth-order valence-corrected chi connectivity index (χ4v) is 8.84. The maximum absolute atomic E-state index is 12.7. The number of rotatable bonds is 27. The van der Waals surface area contributed by atoms with Crippen LogP contribution in [0.25, 0.3) is 11.2 Å². The van der Waals surface area contributed by atoms with Gasteiger partial charge in [0.1, 0.15) is 36.3 Å². The number of unbranched alkanes of at least 4 members (excludes halogenated alkanes) is 5. The number of nitrogens with one attached hydrogen (secondary N) is 2. The number of anilines is 1. The normalized spacial score (nSPS) is 21.1. The highest BCUT2D eigenvalue weighted by atomic mass is 32.2. The van der Waals surface area contributed by atoms with E-state index in [1.165, 1.54) is 19.9 Å². The maximum atomic E-state index is 12.7. The van der Waals surface area contributed by atoms with E-state index in [0.29, 0.717) is 5.75 Å². The lowest BCUT2D eigenvalue weighted by atomic mass is 9.87. The second-order valence-corrected chi connectivity index (χ2v) is 19.3. The molecule has 340 valence electrons. The molecule has 0 bridgehead atoms. The molecular weight excluding hydrogens is 883 g/mol. The number of allylic oxidation sites excluding steroid dienone is 1. The van der Waals surface area contributed by atoms with E-state index < -0.39 is 84.6 Å². The van der Waals surface area contributed by atoms with Crippen molar-refractivity contribution in [3.05, 3.63) is 24.8 Å². The average Bonchev–Trinajstić information content (AvgIpc) is 3.72. The van der Waals surface area contributed by atoms with Crippen LogP contribution in [0.3, 0.4) is 0 Å². The second kappa shape index (κ2) is 23.6.